The maximum absolute atomic E-state index is 5.69. The molecule has 1 unspecified atom stereocenters. The van der Waals surface area contributed by atoms with Gasteiger partial charge >= 0.3 is 0 Å². The molecule has 1 aromatic rings. The number of aliphatic imine (C=N–C) groups is 1. The van der Waals surface area contributed by atoms with E-state index in [2.05, 4.69) is 40.7 Å². The Morgan fingerprint density at radius 1 is 1.30 bits per heavy atom. The fraction of sp³-hybridized carbons (Fsp3) is 0.667. The van der Waals surface area contributed by atoms with Gasteiger partial charge < -0.3 is 24.8 Å². The molecule has 0 spiro atoms. The van der Waals surface area contributed by atoms with Crippen molar-refractivity contribution in [3.05, 3.63) is 29.3 Å². The summed E-state index contributed by atoms with van der Waals surface area (Å²) in [5.41, 5.74) is 2.67. The Labute approximate surface area is 162 Å². The van der Waals surface area contributed by atoms with Crippen LogP contribution in [0.15, 0.2) is 23.2 Å². The number of hydrogen-bond donors (Lipinski definition) is 2. The van der Waals surface area contributed by atoms with Gasteiger partial charge in [0.1, 0.15) is 5.75 Å². The Balaban J connectivity index is 1.32. The topological polar surface area (TPSA) is 64.1 Å². The van der Waals surface area contributed by atoms with Crippen molar-refractivity contribution in [2.45, 2.75) is 45.1 Å². The van der Waals surface area contributed by atoms with Crippen molar-refractivity contribution in [2.75, 3.05) is 46.1 Å². The average molecular weight is 376 g/mol. The van der Waals surface area contributed by atoms with Gasteiger partial charge in [0.2, 0.25) is 0 Å². The van der Waals surface area contributed by atoms with Crippen LogP contribution in [-0.4, -0.2) is 58.1 Å². The van der Waals surface area contributed by atoms with E-state index >= 15 is 0 Å². The van der Waals surface area contributed by atoms with Gasteiger partial charge in [-0.15, -0.1) is 0 Å². The Hall–Kier alpha value is -1.79. The normalized spacial score (nSPS) is 19.0. The monoisotopic (exact) mass is 375 g/mol. The molecular weight excluding hydrogens is 342 g/mol. The Kier molecular flexibility index (Phi) is 8.24. The molecule has 150 valence electrons. The van der Waals surface area contributed by atoms with E-state index in [0.29, 0.717) is 12.7 Å². The van der Waals surface area contributed by atoms with Crippen LogP contribution in [0.1, 0.15) is 37.3 Å². The van der Waals surface area contributed by atoms with Crippen LogP contribution in [0.5, 0.6) is 5.75 Å². The number of rotatable bonds is 10. The van der Waals surface area contributed by atoms with Crippen molar-refractivity contribution < 1.29 is 14.2 Å². The summed E-state index contributed by atoms with van der Waals surface area (Å²) in [6.45, 7) is 7.72. The second-order valence-corrected chi connectivity index (χ2v) is 7.04. The zero-order valence-electron chi connectivity index (χ0n) is 16.5. The number of hydrogen-bond acceptors (Lipinski definition) is 4. The third-order valence-corrected chi connectivity index (χ3v) is 4.85. The molecule has 1 fully saturated rings. The molecular formula is C21H33N3O3. The van der Waals surface area contributed by atoms with E-state index in [1.807, 2.05) is 0 Å². The number of fused-ring (bicyclic) bond motifs is 1. The molecule has 2 aliphatic rings. The van der Waals surface area contributed by atoms with Gasteiger partial charge in [-0.05, 0) is 49.8 Å². The maximum Gasteiger partial charge on any atom is 0.191 e. The Morgan fingerprint density at radius 2 is 2.26 bits per heavy atom. The fourth-order valence-corrected chi connectivity index (χ4v) is 3.41. The molecule has 2 N–H and O–H groups in total. The molecule has 3 rings (SSSR count). The van der Waals surface area contributed by atoms with E-state index in [-0.39, 0.29) is 0 Å². The molecule has 0 saturated carbocycles. The average Bonchev–Trinajstić information content (AvgIpc) is 3.35. The van der Waals surface area contributed by atoms with Gasteiger partial charge in [0.25, 0.3) is 0 Å². The van der Waals surface area contributed by atoms with Crippen LogP contribution in [0.25, 0.3) is 0 Å². The third kappa shape index (κ3) is 6.70. The number of guanidine groups is 1. The highest BCUT2D eigenvalue weighted by Gasteiger charge is 2.15. The minimum Gasteiger partial charge on any atom is -0.493 e. The SMILES string of the molecule is CCNC(=NCCCOCC1CCCO1)NCCc1ccc2c(c1)CCO2. The van der Waals surface area contributed by atoms with Gasteiger partial charge in [-0.25, -0.2) is 0 Å². The standard InChI is InChI=1S/C21H33N3O3/c1-2-22-21(23-10-4-12-25-16-19-5-3-13-26-19)24-11-8-17-6-7-20-18(15-17)9-14-27-20/h6-7,15,19H,2-5,8-14,16H2,1H3,(H2,22,23,24). The summed E-state index contributed by atoms with van der Waals surface area (Å²) in [5, 5.41) is 6.72. The first-order valence-corrected chi connectivity index (χ1v) is 10.3. The first kappa shape index (κ1) is 20.0. The van der Waals surface area contributed by atoms with E-state index in [1.165, 1.54) is 11.1 Å². The van der Waals surface area contributed by atoms with Crippen molar-refractivity contribution >= 4 is 5.96 Å². The number of nitrogens with one attached hydrogen (secondary N) is 2. The van der Waals surface area contributed by atoms with Crippen molar-refractivity contribution in [2.24, 2.45) is 4.99 Å². The van der Waals surface area contributed by atoms with Crippen molar-refractivity contribution in [3.8, 4) is 5.75 Å². The highest BCUT2D eigenvalue weighted by molar-refractivity contribution is 5.79. The van der Waals surface area contributed by atoms with Crippen LogP contribution >= 0.6 is 0 Å². The van der Waals surface area contributed by atoms with E-state index in [1.54, 1.807) is 0 Å². The van der Waals surface area contributed by atoms with E-state index in [0.717, 1.165) is 83.3 Å². The van der Waals surface area contributed by atoms with Crippen molar-refractivity contribution in [1.29, 1.82) is 0 Å². The van der Waals surface area contributed by atoms with E-state index in [9.17, 15) is 0 Å². The molecule has 1 atom stereocenters. The first-order valence-electron chi connectivity index (χ1n) is 10.3. The van der Waals surface area contributed by atoms with E-state index < -0.39 is 0 Å². The molecule has 27 heavy (non-hydrogen) atoms. The quantitative estimate of drug-likeness (QED) is 0.373. The van der Waals surface area contributed by atoms with Crippen molar-refractivity contribution in [3.63, 3.8) is 0 Å². The molecule has 6 heteroatoms. The molecule has 1 aromatic carbocycles. The molecule has 2 heterocycles. The van der Waals surface area contributed by atoms with Crippen LogP contribution < -0.4 is 15.4 Å². The molecule has 0 amide bonds. The number of nitrogens with zero attached hydrogens (tertiary/aromatic N) is 1. The Morgan fingerprint density at radius 3 is 3.11 bits per heavy atom. The van der Waals surface area contributed by atoms with Gasteiger partial charge in [-0.1, -0.05) is 12.1 Å². The third-order valence-electron chi connectivity index (χ3n) is 4.85. The van der Waals surface area contributed by atoms with Gasteiger partial charge in [-0.2, -0.15) is 0 Å². The first-order chi connectivity index (χ1) is 13.3. The lowest BCUT2D eigenvalue weighted by atomic mass is 10.1. The summed E-state index contributed by atoms with van der Waals surface area (Å²) in [4.78, 5) is 4.63. The highest BCUT2D eigenvalue weighted by Crippen LogP contribution is 2.25. The smallest absolute Gasteiger partial charge is 0.191 e. The van der Waals surface area contributed by atoms with Crippen LogP contribution in [0, 0.1) is 0 Å². The van der Waals surface area contributed by atoms with Gasteiger partial charge in [0.05, 0.1) is 19.3 Å². The summed E-state index contributed by atoms with van der Waals surface area (Å²) in [6, 6.07) is 6.51. The Bertz CT molecular complexity index is 600. The number of ether oxygens (including phenoxy) is 3. The minimum absolute atomic E-state index is 0.304. The second kappa shape index (κ2) is 11.1. The lowest BCUT2D eigenvalue weighted by molar-refractivity contribution is 0.0171. The summed E-state index contributed by atoms with van der Waals surface area (Å²) >= 11 is 0. The van der Waals surface area contributed by atoms with Crippen LogP contribution in [-0.2, 0) is 22.3 Å². The van der Waals surface area contributed by atoms with Crippen LogP contribution in [0.2, 0.25) is 0 Å². The second-order valence-electron chi connectivity index (χ2n) is 7.04. The van der Waals surface area contributed by atoms with Crippen LogP contribution in [0.3, 0.4) is 0 Å². The van der Waals surface area contributed by atoms with E-state index in [4.69, 9.17) is 14.2 Å². The molecule has 2 aliphatic heterocycles. The summed E-state index contributed by atoms with van der Waals surface area (Å²) in [7, 11) is 0. The molecule has 1 saturated heterocycles. The van der Waals surface area contributed by atoms with Gasteiger partial charge in [-0.3, -0.25) is 4.99 Å². The zero-order chi connectivity index (χ0) is 18.7. The molecule has 0 radical (unpaired) electrons. The lowest BCUT2D eigenvalue weighted by Crippen LogP contribution is -2.38. The molecule has 6 nitrogen and oxygen atoms in total. The minimum atomic E-state index is 0.304. The number of benzene rings is 1. The predicted octanol–water partition coefficient (Wildman–Crippen LogP) is 2.30. The summed E-state index contributed by atoms with van der Waals surface area (Å²) < 4.78 is 16.8. The maximum atomic E-state index is 5.69. The largest absolute Gasteiger partial charge is 0.493 e. The van der Waals surface area contributed by atoms with Gasteiger partial charge in [0, 0.05) is 39.3 Å². The van der Waals surface area contributed by atoms with Crippen molar-refractivity contribution in [1.82, 2.24) is 10.6 Å². The molecule has 0 bridgehead atoms. The summed E-state index contributed by atoms with van der Waals surface area (Å²) in [6.07, 6.45) is 5.52. The summed E-state index contributed by atoms with van der Waals surface area (Å²) in [5.74, 6) is 1.92. The molecule has 0 aliphatic carbocycles. The highest BCUT2D eigenvalue weighted by atomic mass is 16.5. The van der Waals surface area contributed by atoms with Crippen LogP contribution in [0.4, 0.5) is 0 Å². The van der Waals surface area contributed by atoms with Gasteiger partial charge in [0.15, 0.2) is 5.96 Å². The molecule has 0 aromatic heterocycles. The fourth-order valence-electron chi connectivity index (χ4n) is 3.41. The zero-order valence-corrected chi connectivity index (χ0v) is 16.5. The lowest BCUT2D eigenvalue weighted by Gasteiger charge is -2.12. The predicted molar refractivity (Wildman–Crippen MR) is 108 cm³/mol.